The number of ether oxygens (including phenoxy) is 1. The maximum atomic E-state index is 11.9. The normalized spacial score (nSPS) is 11.3. The molecule has 0 aliphatic heterocycles. The van der Waals surface area contributed by atoms with Crippen molar-refractivity contribution in [1.29, 1.82) is 0 Å². The lowest BCUT2D eigenvalue weighted by Crippen LogP contribution is -2.24. The predicted octanol–water partition coefficient (Wildman–Crippen LogP) is 4.57. The maximum Gasteiger partial charge on any atom is 0.336 e. The van der Waals surface area contributed by atoms with Crippen molar-refractivity contribution in [2.45, 2.75) is 20.4 Å². The molecule has 0 spiro atoms. The molecular formula is C21H22ClNO3. The van der Waals surface area contributed by atoms with E-state index >= 15 is 0 Å². The molecule has 0 aliphatic rings. The highest BCUT2D eigenvalue weighted by Gasteiger charge is 2.10. The molecule has 0 aliphatic carbocycles. The highest BCUT2D eigenvalue weighted by molar-refractivity contribution is 6.32. The lowest BCUT2D eigenvalue weighted by molar-refractivity contribution is 0.233. The minimum absolute atomic E-state index is 0.349. The van der Waals surface area contributed by atoms with Crippen molar-refractivity contribution in [2.24, 2.45) is 0 Å². The Morgan fingerprint density at radius 1 is 1.12 bits per heavy atom. The predicted molar refractivity (Wildman–Crippen MR) is 105 cm³/mol. The third kappa shape index (κ3) is 4.45. The number of benzene rings is 2. The van der Waals surface area contributed by atoms with Crippen LogP contribution in [0.15, 0.2) is 51.7 Å². The summed E-state index contributed by atoms with van der Waals surface area (Å²) in [5, 5.41) is 1.53. The maximum absolute atomic E-state index is 11.9. The first-order chi connectivity index (χ1) is 12.4. The van der Waals surface area contributed by atoms with Gasteiger partial charge in [0, 0.05) is 29.6 Å². The first-order valence-corrected chi connectivity index (χ1v) is 8.91. The molecule has 5 heteroatoms. The van der Waals surface area contributed by atoms with Gasteiger partial charge in [-0.25, -0.2) is 4.79 Å². The Morgan fingerprint density at radius 3 is 2.58 bits per heavy atom. The monoisotopic (exact) mass is 371 g/mol. The summed E-state index contributed by atoms with van der Waals surface area (Å²) in [4.78, 5) is 14.0. The average Bonchev–Trinajstić information content (AvgIpc) is 2.58. The zero-order chi connectivity index (χ0) is 18.7. The van der Waals surface area contributed by atoms with Crippen LogP contribution >= 0.6 is 11.6 Å². The molecule has 0 N–H and O–H groups in total. The van der Waals surface area contributed by atoms with Gasteiger partial charge in [-0.1, -0.05) is 29.3 Å². The highest BCUT2D eigenvalue weighted by atomic mass is 35.5. The van der Waals surface area contributed by atoms with Crippen LogP contribution in [0.5, 0.6) is 5.75 Å². The van der Waals surface area contributed by atoms with E-state index in [1.54, 1.807) is 0 Å². The lowest BCUT2D eigenvalue weighted by Gasteiger charge is -2.18. The van der Waals surface area contributed by atoms with E-state index in [2.05, 4.69) is 4.90 Å². The van der Waals surface area contributed by atoms with Gasteiger partial charge >= 0.3 is 5.63 Å². The fourth-order valence-electron chi connectivity index (χ4n) is 2.80. The molecule has 0 fully saturated rings. The van der Waals surface area contributed by atoms with Gasteiger partial charge in [0.1, 0.15) is 17.9 Å². The summed E-state index contributed by atoms with van der Waals surface area (Å²) in [6.07, 6.45) is 0. The van der Waals surface area contributed by atoms with Crippen molar-refractivity contribution in [3.8, 4) is 5.75 Å². The molecular weight excluding hydrogens is 350 g/mol. The summed E-state index contributed by atoms with van der Waals surface area (Å²) < 4.78 is 11.1. The summed E-state index contributed by atoms with van der Waals surface area (Å²) in [5.74, 6) is 0.858. The standard InChI is InChI=1S/C21H22ClNO3/c1-14-4-6-17(7-5-14)25-9-8-23(3)13-16-11-21(24)26-20-10-15(2)19(22)12-18(16)20/h4-7,10-12H,8-9,13H2,1-3H3. The molecule has 1 aromatic heterocycles. The molecule has 3 rings (SSSR count). The van der Waals surface area contributed by atoms with E-state index in [4.69, 9.17) is 20.8 Å². The van der Waals surface area contributed by atoms with Crippen LogP contribution in [-0.4, -0.2) is 25.1 Å². The van der Waals surface area contributed by atoms with Gasteiger partial charge in [0.05, 0.1) is 0 Å². The average molecular weight is 372 g/mol. The van der Waals surface area contributed by atoms with Gasteiger partial charge in [-0.05, 0) is 56.3 Å². The topological polar surface area (TPSA) is 42.7 Å². The van der Waals surface area contributed by atoms with Crippen molar-refractivity contribution in [3.05, 3.63) is 74.6 Å². The summed E-state index contributed by atoms with van der Waals surface area (Å²) >= 11 is 6.25. The second-order valence-corrected chi connectivity index (χ2v) is 6.99. The molecule has 0 saturated carbocycles. The quantitative estimate of drug-likeness (QED) is 0.595. The Kier molecular flexibility index (Phi) is 5.64. The molecule has 1 heterocycles. The number of halogens is 1. The molecule has 2 aromatic carbocycles. The number of rotatable bonds is 6. The van der Waals surface area contributed by atoms with E-state index in [-0.39, 0.29) is 5.63 Å². The number of nitrogens with zero attached hydrogens (tertiary/aromatic N) is 1. The van der Waals surface area contributed by atoms with E-state index in [0.717, 1.165) is 28.8 Å². The second-order valence-electron chi connectivity index (χ2n) is 6.59. The van der Waals surface area contributed by atoms with E-state index in [1.807, 2.05) is 57.3 Å². The Bertz CT molecular complexity index is 963. The Labute approximate surface area is 158 Å². The molecule has 0 unspecified atom stereocenters. The van der Waals surface area contributed by atoms with E-state index in [0.29, 0.717) is 23.8 Å². The van der Waals surface area contributed by atoms with Crippen LogP contribution in [0.2, 0.25) is 5.02 Å². The first-order valence-electron chi connectivity index (χ1n) is 8.53. The number of hydrogen-bond acceptors (Lipinski definition) is 4. The molecule has 0 atom stereocenters. The minimum Gasteiger partial charge on any atom is -0.492 e. The van der Waals surface area contributed by atoms with Crippen LogP contribution in [0.1, 0.15) is 16.7 Å². The highest BCUT2D eigenvalue weighted by Crippen LogP contribution is 2.25. The van der Waals surface area contributed by atoms with Gasteiger partial charge in [0.25, 0.3) is 0 Å². The van der Waals surface area contributed by atoms with Crippen LogP contribution in [0.3, 0.4) is 0 Å². The SMILES string of the molecule is Cc1ccc(OCCN(C)Cc2cc(=O)oc3cc(C)c(Cl)cc23)cc1. The first kappa shape index (κ1) is 18.5. The zero-order valence-electron chi connectivity index (χ0n) is 15.2. The smallest absolute Gasteiger partial charge is 0.336 e. The van der Waals surface area contributed by atoms with Crippen molar-refractivity contribution < 1.29 is 9.15 Å². The van der Waals surface area contributed by atoms with Crippen molar-refractivity contribution >= 4 is 22.6 Å². The van der Waals surface area contributed by atoms with Gasteiger partial charge in [-0.2, -0.15) is 0 Å². The van der Waals surface area contributed by atoms with Gasteiger partial charge in [-0.3, -0.25) is 4.90 Å². The van der Waals surface area contributed by atoms with Crippen LogP contribution in [0.25, 0.3) is 11.0 Å². The number of aryl methyl sites for hydroxylation is 2. The number of fused-ring (bicyclic) bond motifs is 1. The molecule has 4 nitrogen and oxygen atoms in total. The van der Waals surface area contributed by atoms with Crippen molar-refractivity contribution in [3.63, 3.8) is 0 Å². The molecule has 0 radical (unpaired) electrons. The van der Waals surface area contributed by atoms with Crippen molar-refractivity contribution in [2.75, 3.05) is 20.2 Å². The molecule has 136 valence electrons. The van der Waals surface area contributed by atoms with Gasteiger partial charge in [0.2, 0.25) is 0 Å². The number of likely N-dealkylation sites (N-methyl/N-ethyl adjacent to an activating group) is 1. The third-order valence-electron chi connectivity index (χ3n) is 4.31. The fourth-order valence-corrected chi connectivity index (χ4v) is 2.97. The summed E-state index contributed by atoms with van der Waals surface area (Å²) in [7, 11) is 1.99. The van der Waals surface area contributed by atoms with Crippen LogP contribution in [0.4, 0.5) is 0 Å². The Balaban J connectivity index is 1.68. The second kappa shape index (κ2) is 7.94. The van der Waals surface area contributed by atoms with Gasteiger partial charge in [-0.15, -0.1) is 0 Å². The summed E-state index contributed by atoms with van der Waals surface area (Å²) in [6.45, 7) is 5.85. The number of hydrogen-bond donors (Lipinski definition) is 0. The summed E-state index contributed by atoms with van der Waals surface area (Å²) in [6, 6.07) is 13.2. The van der Waals surface area contributed by atoms with E-state index in [1.165, 1.54) is 11.6 Å². The summed E-state index contributed by atoms with van der Waals surface area (Å²) in [5.41, 5.74) is 3.21. The van der Waals surface area contributed by atoms with Gasteiger partial charge in [0.15, 0.2) is 0 Å². The van der Waals surface area contributed by atoms with Crippen LogP contribution in [-0.2, 0) is 6.54 Å². The molecule has 0 bridgehead atoms. The van der Waals surface area contributed by atoms with E-state index < -0.39 is 0 Å². The van der Waals surface area contributed by atoms with Crippen LogP contribution in [0, 0.1) is 13.8 Å². The van der Waals surface area contributed by atoms with E-state index in [9.17, 15) is 4.79 Å². The third-order valence-corrected chi connectivity index (χ3v) is 4.72. The van der Waals surface area contributed by atoms with Crippen LogP contribution < -0.4 is 10.4 Å². The Morgan fingerprint density at radius 2 is 1.85 bits per heavy atom. The Hall–Kier alpha value is -2.30. The largest absolute Gasteiger partial charge is 0.492 e. The zero-order valence-corrected chi connectivity index (χ0v) is 16.0. The molecule has 0 saturated heterocycles. The molecule has 26 heavy (non-hydrogen) atoms. The van der Waals surface area contributed by atoms with Crippen molar-refractivity contribution in [1.82, 2.24) is 4.90 Å². The fraction of sp³-hybridized carbons (Fsp3) is 0.286. The molecule has 0 amide bonds. The van der Waals surface area contributed by atoms with Gasteiger partial charge < -0.3 is 9.15 Å². The minimum atomic E-state index is -0.349. The lowest BCUT2D eigenvalue weighted by atomic mass is 10.1. The molecule has 3 aromatic rings.